The lowest BCUT2D eigenvalue weighted by atomic mass is 10.2. The van der Waals surface area contributed by atoms with Crippen LogP contribution in [0.15, 0.2) is 0 Å². The van der Waals surface area contributed by atoms with E-state index in [1.807, 2.05) is 16.7 Å². The highest BCUT2D eigenvalue weighted by Crippen LogP contribution is 2.29. The molecule has 0 spiro atoms. The standard InChI is InChI=1S/C10H16N4OS/c1-7-11-8(13-12-7)9(15)14-4-5-16-10(2,3)6-14/h4-6H2,1-3H3,(H,11,12,13). The van der Waals surface area contributed by atoms with Crippen LogP contribution in [0.3, 0.4) is 0 Å². The Kier molecular flexibility index (Phi) is 2.92. The summed E-state index contributed by atoms with van der Waals surface area (Å²) in [5.74, 6) is 1.86. The van der Waals surface area contributed by atoms with Gasteiger partial charge >= 0.3 is 0 Å². The molecule has 6 heteroatoms. The summed E-state index contributed by atoms with van der Waals surface area (Å²) < 4.78 is 0.124. The minimum atomic E-state index is -0.0716. The van der Waals surface area contributed by atoms with E-state index in [4.69, 9.17) is 0 Å². The van der Waals surface area contributed by atoms with E-state index in [0.29, 0.717) is 5.82 Å². The molecule has 1 amide bonds. The second-order valence-corrected chi connectivity index (χ2v) is 6.38. The largest absolute Gasteiger partial charge is 0.334 e. The molecular formula is C10H16N4OS. The molecule has 1 aliphatic rings. The highest BCUT2D eigenvalue weighted by Gasteiger charge is 2.31. The summed E-state index contributed by atoms with van der Waals surface area (Å²) in [6.07, 6.45) is 0. The summed E-state index contributed by atoms with van der Waals surface area (Å²) in [6.45, 7) is 7.63. The van der Waals surface area contributed by atoms with Gasteiger partial charge in [-0.15, -0.1) is 5.10 Å². The highest BCUT2D eigenvalue weighted by molar-refractivity contribution is 8.00. The van der Waals surface area contributed by atoms with E-state index >= 15 is 0 Å². The third kappa shape index (κ3) is 2.37. The van der Waals surface area contributed by atoms with Crippen molar-refractivity contribution >= 4 is 17.7 Å². The summed E-state index contributed by atoms with van der Waals surface area (Å²) in [6, 6.07) is 0. The van der Waals surface area contributed by atoms with Crippen molar-refractivity contribution in [2.45, 2.75) is 25.5 Å². The van der Waals surface area contributed by atoms with E-state index in [1.54, 1.807) is 6.92 Å². The Morgan fingerprint density at radius 3 is 2.88 bits per heavy atom. The third-order valence-corrected chi connectivity index (χ3v) is 3.80. The molecule has 1 saturated heterocycles. The summed E-state index contributed by atoms with van der Waals surface area (Å²) in [5.41, 5.74) is 0. The summed E-state index contributed by atoms with van der Waals surface area (Å²) in [7, 11) is 0. The van der Waals surface area contributed by atoms with Gasteiger partial charge in [-0.25, -0.2) is 4.98 Å². The van der Waals surface area contributed by atoms with Crippen molar-refractivity contribution in [3.05, 3.63) is 11.6 Å². The van der Waals surface area contributed by atoms with Gasteiger partial charge in [-0.3, -0.25) is 9.89 Å². The van der Waals surface area contributed by atoms with Crippen molar-refractivity contribution in [3.63, 3.8) is 0 Å². The summed E-state index contributed by atoms with van der Waals surface area (Å²) in [5, 5.41) is 6.60. The maximum absolute atomic E-state index is 12.1. The van der Waals surface area contributed by atoms with Crippen molar-refractivity contribution in [2.24, 2.45) is 0 Å². The van der Waals surface area contributed by atoms with Crippen molar-refractivity contribution in [3.8, 4) is 0 Å². The van der Waals surface area contributed by atoms with Crippen LogP contribution in [0.1, 0.15) is 30.3 Å². The number of nitrogens with zero attached hydrogens (tertiary/aromatic N) is 3. The maximum Gasteiger partial charge on any atom is 0.293 e. The minimum Gasteiger partial charge on any atom is -0.334 e. The average Bonchev–Trinajstić information content (AvgIpc) is 2.62. The van der Waals surface area contributed by atoms with Crippen LogP contribution in [0.25, 0.3) is 0 Å². The monoisotopic (exact) mass is 240 g/mol. The van der Waals surface area contributed by atoms with E-state index in [1.165, 1.54) is 0 Å². The molecule has 0 radical (unpaired) electrons. The molecule has 16 heavy (non-hydrogen) atoms. The fourth-order valence-electron chi connectivity index (χ4n) is 1.77. The molecule has 5 nitrogen and oxygen atoms in total. The molecule has 0 saturated carbocycles. The SMILES string of the molecule is Cc1nc(C(=O)N2CCSC(C)(C)C2)n[nH]1. The fraction of sp³-hybridized carbons (Fsp3) is 0.700. The molecule has 2 heterocycles. The van der Waals surface area contributed by atoms with Gasteiger partial charge in [-0.05, 0) is 20.8 Å². The first kappa shape index (κ1) is 11.4. The highest BCUT2D eigenvalue weighted by atomic mass is 32.2. The molecule has 0 unspecified atom stereocenters. The van der Waals surface area contributed by atoms with Crippen LogP contribution >= 0.6 is 11.8 Å². The van der Waals surface area contributed by atoms with Gasteiger partial charge in [0.05, 0.1) is 0 Å². The van der Waals surface area contributed by atoms with Crippen molar-refractivity contribution in [1.29, 1.82) is 0 Å². The third-order valence-electron chi connectivity index (χ3n) is 2.50. The Morgan fingerprint density at radius 2 is 2.31 bits per heavy atom. The number of hydrogen-bond donors (Lipinski definition) is 1. The van der Waals surface area contributed by atoms with Gasteiger partial charge < -0.3 is 4.90 Å². The van der Waals surface area contributed by atoms with Gasteiger partial charge in [-0.2, -0.15) is 11.8 Å². The molecule has 88 valence electrons. The Labute approximate surface area is 99.0 Å². The van der Waals surface area contributed by atoms with Crippen LogP contribution in [0, 0.1) is 6.92 Å². The molecule has 2 rings (SSSR count). The van der Waals surface area contributed by atoms with Crippen molar-refractivity contribution < 1.29 is 4.79 Å². The van der Waals surface area contributed by atoms with Crippen LogP contribution < -0.4 is 0 Å². The number of nitrogens with one attached hydrogen (secondary N) is 1. The van der Waals surface area contributed by atoms with Gasteiger partial charge in [0.1, 0.15) is 5.82 Å². The van der Waals surface area contributed by atoms with Crippen LogP contribution in [0.5, 0.6) is 0 Å². The molecule has 1 N–H and O–H groups in total. The predicted octanol–water partition coefficient (Wildman–Crippen LogP) is 1.08. The van der Waals surface area contributed by atoms with Crippen LogP contribution in [-0.4, -0.2) is 49.6 Å². The van der Waals surface area contributed by atoms with Gasteiger partial charge in [0.25, 0.3) is 5.91 Å². The number of aromatic nitrogens is 3. The molecule has 1 fully saturated rings. The average molecular weight is 240 g/mol. The molecule has 1 aliphatic heterocycles. The van der Waals surface area contributed by atoms with Gasteiger partial charge in [0.15, 0.2) is 0 Å². The Morgan fingerprint density at radius 1 is 1.56 bits per heavy atom. The number of hydrogen-bond acceptors (Lipinski definition) is 4. The molecule has 1 aromatic rings. The predicted molar refractivity (Wildman–Crippen MR) is 63.6 cm³/mol. The Balaban J connectivity index is 2.10. The molecule has 0 aliphatic carbocycles. The fourth-order valence-corrected chi connectivity index (χ4v) is 2.88. The van der Waals surface area contributed by atoms with Crippen LogP contribution in [0.2, 0.25) is 0 Å². The molecule has 0 atom stereocenters. The lowest BCUT2D eigenvalue weighted by Crippen LogP contribution is -2.46. The number of H-pyrrole nitrogens is 1. The first-order valence-corrected chi connectivity index (χ1v) is 6.29. The van der Waals surface area contributed by atoms with Gasteiger partial charge in [0, 0.05) is 23.6 Å². The van der Waals surface area contributed by atoms with E-state index in [0.717, 1.165) is 18.8 Å². The van der Waals surface area contributed by atoms with Gasteiger partial charge in [-0.1, -0.05) is 0 Å². The van der Waals surface area contributed by atoms with Crippen LogP contribution in [0.4, 0.5) is 0 Å². The van der Waals surface area contributed by atoms with E-state index in [2.05, 4.69) is 29.0 Å². The van der Waals surface area contributed by atoms with E-state index in [9.17, 15) is 4.79 Å². The number of amides is 1. The second-order valence-electron chi connectivity index (χ2n) is 4.58. The number of rotatable bonds is 1. The van der Waals surface area contributed by atoms with Crippen LogP contribution in [-0.2, 0) is 0 Å². The molecular weight excluding hydrogens is 224 g/mol. The maximum atomic E-state index is 12.1. The second kappa shape index (κ2) is 4.08. The van der Waals surface area contributed by atoms with E-state index < -0.39 is 0 Å². The zero-order chi connectivity index (χ0) is 11.8. The smallest absolute Gasteiger partial charge is 0.293 e. The lowest BCUT2D eigenvalue weighted by molar-refractivity contribution is 0.0736. The first-order chi connectivity index (χ1) is 7.48. The molecule has 0 bridgehead atoms. The Bertz CT molecular complexity index is 401. The Hall–Kier alpha value is -1.04. The lowest BCUT2D eigenvalue weighted by Gasteiger charge is -2.36. The quantitative estimate of drug-likeness (QED) is 0.798. The number of carbonyl (C=O) groups is 1. The number of aryl methyl sites for hydroxylation is 1. The summed E-state index contributed by atoms with van der Waals surface area (Å²) in [4.78, 5) is 18.0. The van der Waals surface area contributed by atoms with E-state index in [-0.39, 0.29) is 16.5 Å². The number of thioether (sulfide) groups is 1. The first-order valence-electron chi connectivity index (χ1n) is 5.30. The molecule has 1 aromatic heterocycles. The molecule has 0 aromatic carbocycles. The van der Waals surface area contributed by atoms with Gasteiger partial charge in [0.2, 0.25) is 5.82 Å². The number of aromatic amines is 1. The zero-order valence-electron chi connectivity index (χ0n) is 9.78. The van der Waals surface area contributed by atoms with Crippen molar-refractivity contribution in [2.75, 3.05) is 18.8 Å². The summed E-state index contributed by atoms with van der Waals surface area (Å²) >= 11 is 1.90. The normalized spacial score (nSPS) is 19.8. The van der Waals surface area contributed by atoms with Crippen molar-refractivity contribution in [1.82, 2.24) is 20.1 Å². The zero-order valence-corrected chi connectivity index (χ0v) is 10.6. The topological polar surface area (TPSA) is 61.9 Å². The number of carbonyl (C=O) groups excluding carboxylic acids is 1. The minimum absolute atomic E-state index is 0.0716.